The molecule has 0 unspecified atom stereocenters. The predicted octanol–water partition coefficient (Wildman–Crippen LogP) is 5.69. The van der Waals surface area contributed by atoms with E-state index < -0.39 is 0 Å². The van der Waals surface area contributed by atoms with Gasteiger partial charge in [0.2, 0.25) is 0 Å². The van der Waals surface area contributed by atoms with Gasteiger partial charge in [-0.1, -0.05) is 48.5 Å². The molecule has 0 saturated carbocycles. The maximum Gasteiger partial charge on any atom is 0.134 e. The van der Waals surface area contributed by atoms with E-state index in [1.807, 2.05) is 12.1 Å². The van der Waals surface area contributed by atoms with Crippen molar-refractivity contribution in [3.63, 3.8) is 0 Å². The third-order valence-corrected chi connectivity index (χ3v) is 4.74. The third kappa shape index (κ3) is 2.53. The van der Waals surface area contributed by atoms with E-state index in [-0.39, 0.29) is 0 Å². The van der Waals surface area contributed by atoms with Crippen LogP contribution < -0.4 is 14.2 Å². The van der Waals surface area contributed by atoms with Crippen LogP contribution in [0.25, 0.3) is 32.7 Å². The van der Waals surface area contributed by atoms with Crippen LogP contribution >= 0.6 is 0 Å². The van der Waals surface area contributed by atoms with Crippen molar-refractivity contribution in [2.45, 2.75) is 0 Å². The van der Waals surface area contributed by atoms with Gasteiger partial charge in [0, 0.05) is 17.7 Å². The first-order chi connectivity index (χ1) is 12.8. The summed E-state index contributed by atoms with van der Waals surface area (Å²) in [6.45, 7) is 0. The van der Waals surface area contributed by atoms with Crippen LogP contribution in [0.15, 0.2) is 66.7 Å². The summed E-state index contributed by atoms with van der Waals surface area (Å²) in [5, 5.41) is 4.68. The van der Waals surface area contributed by atoms with Gasteiger partial charge in [-0.05, 0) is 27.6 Å². The van der Waals surface area contributed by atoms with Crippen molar-refractivity contribution in [3.8, 4) is 28.4 Å². The second kappa shape index (κ2) is 6.60. The summed E-state index contributed by atoms with van der Waals surface area (Å²) in [4.78, 5) is 0. The van der Waals surface area contributed by atoms with E-state index in [2.05, 4.69) is 54.6 Å². The molecular formula is C23H20O3. The molecule has 4 rings (SSSR count). The number of hydrogen-bond acceptors (Lipinski definition) is 3. The lowest BCUT2D eigenvalue weighted by atomic mass is 9.91. The number of rotatable bonds is 4. The quantitative estimate of drug-likeness (QED) is 0.445. The van der Waals surface area contributed by atoms with E-state index in [0.717, 1.165) is 33.4 Å². The Bertz CT molecular complexity index is 1020. The van der Waals surface area contributed by atoms with Gasteiger partial charge < -0.3 is 14.2 Å². The molecule has 26 heavy (non-hydrogen) atoms. The van der Waals surface area contributed by atoms with E-state index in [0.29, 0.717) is 5.75 Å². The van der Waals surface area contributed by atoms with Crippen molar-refractivity contribution in [3.05, 3.63) is 66.7 Å². The molecule has 4 aromatic carbocycles. The maximum atomic E-state index is 5.72. The Morgan fingerprint density at radius 2 is 1.04 bits per heavy atom. The topological polar surface area (TPSA) is 27.7 Å². The summed E-state index contributed by atoms with van der Waals surface area (Å²) >= 11 is 0. The molecule has 0 atom stereocenters. The van der Waals surface area contributed by atoms with Crippen LogP contribution in [0.4, 0.5) is 0 Å². The van der Waals surface area contributed by atoms with Gasteiger partial charge in [0.1, 0.15) is 17.2 Å². The highest BCUT2D eigenvalue weighted by atomic mass is 16.5. The van der Waals surface area contributed by atoms with Crippen LogP contribution in [-0.2, 0) is 0 Å². The first-order valence-electron chi connectivity index (χ1n) is 8.47. The smallest absolute Gasteiger partial charge is 0.134 e. The second-order valence-electron chi connectivity index (χ2n) is 6.10. The lowest BCUT2D eigenvalue weighted by Crippen LogP contribution is -1.96. The lowest BCUT2D eigenvalue weighted by Gasteiger charge is -2.18. The highest BCUT2D eigenvalue weighted by Crippen LogP contribution is 2.47. The highest BCUT2D eigenvalue weighted by Gasteiger charge is 2.20. The Morgan fingerprint density at radius 1 is 0.538 bits per heavy atom. The second-order valence-corrected chi connectivity index (χ2v) is 6.10. The molecule has 3 nitrogen and oxygen atoms in total. The minimum absolute atomic E-state index is 0.701. The molecule has 0 N–H and O–H groups in total. The van der Waals surface area contributed by atoms with Gasteiger partial charge in [-0.2, -0.15) is 0 Å². The van der Waals surface area contributed by atoms with E-state index in [1.54, 1.807) is 21.3 Å². The molecule has 3 heteroatoms. The van der Waals surface area contributed by atoms with Crippen LogP contribution in [0, 0.1) is 0 Å². The molecule has 0 saturated heterocycles. The number of benzene rings is 4. The molecule has 0 aromatic heterocycles. The number of hydrogen-bond donors (Lipinski definition) is 0. The third-order valence-electron chi connectivity index (χ3n) is 4.74. The molecule has 0 spiro atoms. The molecule has 4 aromatic rings. The fourth-order valence-corrected chi connectivity index (χ4v) is 3.54. The highest BCUT2D eigenvalue weighted by molar-refractivity contribution is 6.14. The Labute approximate surface area is 152 Å². The Hall–Kier alpha value is -3.20. The first-order valence-corrected chi connectivity index (χ1v) is 8.47. The lowest BCUT2D eigenvalue weighted by molar-refractivity contribution is 0.377. The Kier molecular flexibility index (Phi) is 4.13. The van der Waals surface area contributed by atoms with Crippen LogP contribution in [0.1, 0.15) is 0 Å². The van der Waals surface area contributed by atoms with Crippen LogP contribution in [0.3, 0.4) is 0 Å². The van der Waals surface area contributed by atoms with Crippen LogP contribution in [0.5, 0.6) is 17.2 Å². The molecule has 0 amide bonds. The average Bonchev–Trinajstić information content (AvgIpc) is 2.71. The standard InChI is InChI=1S/C23H20O3/c1-24-17-13-20(25-2)23(21(14-17)26-3)22-18-10-6-4-8-15(18)12-16-9-5-7-11-19(16)22/h4-14H,1-3H3. The summed E-state index contributed by atoms with van der Waals surface area (Å²) < 4.78 is 16.9. The first kappa shape index (κ1) is 16.3. The molecule has 0 fully saturated rings. The molecule has 0 aliphatic rings. The van der Waals surface area contributed by atoms with E-state index in [4.69, 9.17) is 14.2 Å². The summed E-state index contributed by atoms with van der Waals surface area (Å²) in [6.07, 6.45) is 0. The van der Waals surface area contributed by atoms with Crippen molar-refractivity contribution in [2.75, 3.05) is 21.3 Å². The summed E-state index contributed by atoms with van der Waals surface area (Å²) in [5.74, 6) is 2.15. The van der Waals surface area contributed by atoms with Crippen molar-refractivity contribution in [1.82, 2.24) is 0 Å². The minimum Gasteiger partial charge on any atom is -0.496 e. The van der Waals surface area contributed by atoms with Crippen molar-refractivity contribution in [2.24, 2.45) is 0 Å². The van der Waals surface area contributed by atoms with Crippen molar-refractivity contribution < 1.29 is 14.2 Å². The molecular weight excluding hydrogens is 324 g/mol. The molecule has 130 valence electrons. The summed E-state index contributed by atoms with van der Waals surface area (Å²) in [6, 6.07) is 22.8. The monoisotopic (exact) mass is 344 g/mol. The molecule has 0 heterocycles. The zero-order valence-electron chi connectivity index (χ0n) is 15.1. The van der Waals surface area contributed by atoms with Crippen molar-refractivity contribution >= 4 is 21.5 Å². The number of methoxy groups -OCH3 is 3. The summed E-state index contributed by atoms with van der Waals surface area (Å²) in [7, 11) is 4.98. The normalized spacial score (nSPS) is 10.9. The summed E-state index contributed by atoms with van der Waals surface area (Å²) in [5.41, 5.74) is 2.04. The van der Waals surface area contributed by atoms with E-state index in [1.165, 1.54) is 10.8 Å². The van der Waals surface area contributed by atoms with Gasteiger partial charge >= 0.3 is 0 Å². The SMILES string of the molecule is COc1cc(OC)c(-c2c3ccccc3cc3ccccc23)c(OC)c1. The van der Waals surface area contributed by atoms with Gasteiger partial charge in [0.25, 0.3) is 0 Å². The predicted molar refractivity (Wildman–Crippen MR) is 107 cm³/mol. The van der Waals surface area contributed by atoms with Gasteiger partial charge in [0.15, 0.2) is 0 Å². The Balaban J connectivity index is 2.20. The number of fused-ring (bicyclic) bond motifs is 2. The minimum atomic E-state index is 0.701. The largest absolute Gasteiger partial charge is 0.496 e. The van der Waals surface area contributed by atoms with E-state index in [9.17, 15) is 0 Å². The fraction of sp³-hybridized carbons (Fsp3) is 0.130. The van der Waals surface area contributed by atoms with E-state index >= 15 is 0 Å². The molecule has 0 aliphatic carbocycles. The molecule has 0 radical (unpaired) electrons. The molecule has 0 bridgehead atoms. The van der Waals surface area contributed by atoms with Crippen LogP contribution in [-0.4, -0.2) is 21.3 Å². The fourth-order valence-electron chi connectivity index (χ4n) is 3.54. The van der Waals surface area contributed by atoms with Crippen LogP contribution in [0.2, 0.25) is 0 Å². The maximum absolute atomic E-state index is 5.72. The molecule has 0 aliphatic heterocycles. The number of ether oxygens (including phenoxy) is 3. The van der Waals surface area contributed by atoms with Crippen molar-refractivity contribution in [1.29, 1.82) is 0 Å². The van der Waals surface area contributed by atoms with Gasteiger partial charge in [-0.15, -0.1) is 0 Å². The Morgan fingerprint density at radius 3 is 1.50 bits per heavy atom. The zero-order chi connectivity index (χ0) is 18.1. The zero-order valence-corrected chi connectivity index (χ0v) is 15.1. The van der Waals surface area contributed by atoms with Gasteiger partial charge in [0.05, 0.1) is 26.9 Å². The van der Waals surface area contributed by atoms with Gasteiger partial charge in [-0.25, -0.2) is 0 Å². The van der Waals surface area contributed by atoms with Gasteiger partial charge in [-0.3, -0.25) is 0 Å². The average molecular weight is 344 g/mol.